The summed E-state index contributed by atoms with van der Waals surface area (Å²) in [6, 6.07) is 40.3. The smallest absolute Gasteiger partial charge is 0.410 e. The van der Waals surface area contributed by atoms with Crippen LogP contribution in [0.15, 0.2) is 140 Å². The maximum atomic E-state index is 13.8. The minimum Gasteiger partial charge on any atom is -0.497 e. The normalized spacial score (nSPS) is 12.3. The molecular weight excluding hydrogens is 679 g/mol. The lowest BCUT2D eigenvalue weighted by Crippen LogP contribution is -2.50. The first kappa shape index (κ1) is 37.6. The van der Waals surface area contributed by atoms with E-state index in [1.165, 1.54) is 18.0 Å². The van der Waals surface area contributed by atoms with Gasteiger partial charge in [0.15, 0.2) is 0 Å². The summed E-state index contributed by atoms with van der Waals surface area (Å²) in [5.74, 6) is -0.0744. The number of aliphatic hydroxyl groups is 1. The van der Waals surface area contributed by atoms with E-state index in [2.05, 4.69) is 5.32 Å². The van der Waals surface area contributed by atoms with Gasteiger partial charge in [0.25, 0.3) is 5.91 Å². The number of aliphatic hydroxyl groups excluding tert-OH is 1. The fourth-order valence-corrected chi connectivity index (χ4v) is 6.89. The third kappa shape index (κ3) is 10.7. The number of ether oxygens (including phenoxy) is 2. The SMILES string of the molecule is COc1cccc(COC(=O)N(Cc2ccccc2)C[C@@H](O)[C@H](Cc2ccccc2)NC(=O)c2cccc(N(C)S(=O)(=O)Cc3ccccc3)c2)c1. The maximum absolute atomic E-state index is 13.8. The molecule has 0 aromatic heterocycles. The predicted octanol–water partition coefficient (Wildman–Crippen LogP) is 6.20. The molecule has 0 unspecified atom stereocenters. The van der Waals surface area contributed by atoms with Gasteiger partial charge in [-0.2, -0.15) is 0 Å². The average molecular weight is 722 g/mol. The Morgan fingerprint density at radius 2 is 1.35 bits per heavy atom. The number of methoxy groups -OCH3 is 1. The van der Waals surface area contributed by atoms with Crippen LogP contribution in [0.4, 0.5) is 10.5 Å². The lowest BCUT2D eigenvalue weighted by Gasteiger charge is -2.30. The van der Waals surface area contributed by atoms with Crippen LogP contribution in [0.2, 0.25) is 0 Å². The third-order valence-corrected chi connectivity index (χ3v) is 10.3. The first-order valence-electron chi connectivity index (χ1n) is 16.8. The molecule has 0 spiro atoms. The molecule has 10 nitrogen and oxygen atoms in total. The molecule has 52 heavy (non-hydrogen) atoms. The van der Waals surface area contributed by atoms with Crippen molar-refractivity contribution >= 4 is 27.7 Å². The molecule has 0 aliphatic heterocycles. The third-order valence-electron chi connectivity index (χ3n) is 8.54. The number of amides is 2. The Labute approximate surface area is 305 Å². The summed E-state index contributed by atoms with van der Waals surface area (Å²) in [6.45, 7) is 0.00423. The van der Waals surface area contributed by atoms with Crippen LogP contribution in [0.3, 0.4) is 0 Å². The van der Waals surface area contributed by atoms with Gasteiger partial charge in [0.2, 0.25) is 10.0 Å². The molecule has 0 heterocycles. The summed E-state index contributed by atoms with van der Waals surface area (Å²) in [5.41, 5.74) is 3.61. The lowest BCUT2D eigenvalue weighted by molar-refractivity contribution is 0.0500. The van der Waals surface area contributed by atoms with Gasteiger partial charge >= 0.3 is 6.09 Å². The zero-order valence-corrected chi connectivity index (χ0v) is 30.0. The Balaban J connectivity index is 1.34. The van der Waals surface area contributed by atoms with Gasteiger partial charge in [0, 0.05) is 19.2 Å². The van der Waals surface area contributed by atoms with Gasteiger partial charge in [-0.05, 0) is 59.0 Å². The molecule has 0 fully saturated rings. The van der Waals surface area contributed by atoms with Crippen LogP contribution < -0.4 is 14.4 Å². The zero-order chi connectivity index (χ0) is 36.9. The minimum absolute atomic E-state index is 0.00649. The molecule has 5 aromatic carbocycles. The molecule has 270 valence electrons. The van der Waals surface area contributed by atoms with E-state index in [0.29, 0.717) is 17.0 Å². The molecule has 0 saturated heterocycles. The molecular formula is C41H43N3O7S. The van der Waals surface area contributed by atoms with Crippen LogP contribution in [0.1, 0.15) is 32.6 Å². The van der Waals surface area contributed by atoms with Gasteiger partial charge in [0.05, 0.1) is 37.2 Å². The highest BCUT2D eigenvalue weighted by atomic mass is 32.2. The molecule has 5 rings (SSSR count). The van der Waals surface area contributed by atoms with Crippen LogP contribution in [0.5, 0.6) is 5.75 Å². The molecule has 0 aliphatic rings. The lowest BCUT2D eigenvalue weighted by atomic mass is 10.00. The number of benzene rings is 5. The highest BCUT2D eigenvalue weighted by molar-refractivity contribution is 7.92. The molecule has 2 atom stereocenters. The van der Waals surface area contributed by atoms with Crippen LogP contribution in [0.25, 0.3) is 0 Å². The standard InChI is InChI=1S/C41H43N3O7S/c1-43(52(48,49)30-33-18-10-5-11-19-33)36-22-13-21-35(26-36)40(46)42-38(25-31-14-6-3-7-15-31)39(45)28-44(27-32-16-8-4-9-17-32)41(47)51-29-34-20-12-23-37(24-34)50-2/h3-24,26,38-39,45H,25,27-30H2,1-2H3,(H,42,46)/t38-,39+/m0/s1. The van der Waals surface area contributed by atoms with Crippen molar-refractivity contribution in [2.24, 2.45) is 0 Å². The Kier molecular flexibility index (Phi) is 13.0. The van der Waals surface area contributed by atoms with Crippen molar-refractivity contribution in [1.29, 1.82) is 0 Å². The summed E-state index contributed by atoms with van der Waals surface area (Å²) in [4.78, 5) is 28.7. The van der Waals surface area contributed by atoms with Crippen molar-refractivity contribution in [3.8, 4) is 5.75 Å². The van der Waals surface area contributed by atoms with Gasteiger partial charge in [-0.25, -0.2) is 13.2 Å². The zero-order valence-electron chi connectivity index (χ0n) is 29.2. The molecule has 0 saturated carbocycles. The number of anilines is 1. The van der Waals surface area contributed by atoms with E-state index in [0.717, 1.165) is 21.0 Å². The van der Waals surface area contributed by atoms with Gasteiger partial charge in [-0.3, -0.25) is 9.10 Å². The van der Waals surface area contributed by atoms with E-state index in [1.54, 1.807) is 61.7 Å². The molecule has 5 aromatic rings. The number of rotatable bonds is 16. The monoisotopic (exact) mass is 721 g/mol. The summed E-state index contributed by atoms with van der Waals surface area (Å²) in [5, 5.41) is 14.7. The molecule has 0 bridgehead atoms. The number of sulfonamides is 1. The number of nitrogens with one attached hydrogen (secondary N) is 1. The van der Waals surface area contributed by atoms with Crippen molar-refractivity contribution in [3.05, 3.63) is 167 Å². The second-order valence-corrected chi connectivity index (χ2v) is 14.4. The second-order valence-electron chi connectivity index (χ2n) is 12.4. The largest absolute Gasteiger partial charge is 0.497 e. The summed E-state index contributed by atoms with van der Waals surface area (Å²) in [7, 11) is -0.742. The fourth-order valence-electron chi connectivity index (χ4n) is 5.65. The predicted molar refractivity (Wildman–Crippen MR) is 201 cm³/mol. The van der Waals surface area contributed by atoms with Gasteiger partial charge in [-0.1, -0.05) is 109 Å². The highest BCUT2D eigenvalue weighted by Gasteiger charge is 2.28. The van der Waals surface area contributed by atoms with Crippen LogP contribution >= 0.6 is 0 Å². The maximum Gasteiger partial charge on any atom is 0.410 e. The number of carbonyl (C=O) groups is 2. The summed E-state index contributed by atoms with van der Waals surface area (Å²) < 4.78 is 38.6. The Morgan fingerprint density at radius 1 is 0.750 bits per heavy atom. The minimum atomic E-state index is -3.75. The Morgan fingerprint density at radius 3 is 2.00 bits per heavy atom. The van der Waals surface area contributed by atoms with Crippen LogP contribution in [-0.2, 0) is 40.1 Å². The van der Waals surface area contributed by atoms with Crippen molar-refractivity contribution in [2.75, 3.05) is 25.0 Å². The molecule has 11 heteroatoms. The number of hydrogen-bond acceptors (Lipinski definition) is 7. The topological polar surface area (TPSA) is 125 Å². The molecule has 2 N–H and O–H groups in total. The van der Waals surface area contributed by atoms with E-state index < -0.39 is 34.2 Å². The summed E-state index contributed by atoms with van der Waals surface area (Å²) >= 11 is 0. The fraction of sp³-hybridized carbons (Fsp3) is 0.220. The average Bonchev–Trinajstić information content (AvgIpc) is 3.17. The van der Waals surface area contributed by atoms with Crippen molar-refractivity contribution in [2.45, 2.75) is 37.5 Å². The second kappa shape index (κ2) is 18.0. The van der Waals surface area contributed by atoms with Crippen LogP contribution in [-0.4, -0.2) is 63.3 Å². The van der Waals surface area contributed by atoms with E-state index >= 15 is 0 Å². The van der Waals surface area contributed by atoms with Gasteiger partial charge < -0.3 is 24.8 Å². The van der Waals surface area contributed by atoms with Gasteiger partial charge in [-0.15, -0.1) is 0 Å². The molecule has 0 radical (unpaired) electrons. The number of nitrogens with zero attached hydrogens (tertiary/aromatic N) is 2. The number of carbonyl (C=O) groups excluding carboxylic acids is 2. The first-order chi connectivity index (χ1) is 25.1. The Hall–Kier alpha value is -5.65. The Bertz CT molecular complexity index is 2010. The van der Waals surface area contributed by atoms with Crippen LogP contribution in [0, 0.1) is 0 Å². The van der Waals surface area contributed by atoms with Crippen molar-refractivity contribution in [1.82, 2.24) is 10.2 Å². The first-order valence-corrected chi connectivity index (χ1v) is 18.4. The van der Waals surface area contributed by atoms with E-state index in [-0.39, 0.29) is 37.4 Å². The van der Waals surface area contributed by atoms with Crippen molar-refractivity contribution < 1.29 is 32.6 Å². The quantitative estimate of drug-likeness (QED) is 0.124. The summed E-state index contributed by atoms with van der Waals surface area (Å²) in [6.07, 6.45) is -1.59. The van der Waals surface area contributed by atoms with Gasteiger partial charge in [0.1, 0.15) is 12.4 Å². The van der Waals surface area contributed by atoms with E-state index in [1.807, 2.05) is 78.9 Å². The van der Waals surface area contributed by atoms with Crippen molar-refractivity contribution in [3.63, 3.8) is 0 Å². The highest BCUT2D eigenvalue weighted by Crippen LogP contribution is 2.22. The molecule has 0 aliphatic carbocycles. The van der Waals surface area contributed by atoms with E-state index in [9.17, 15) is 23.1 Å². The molecule has 2 amide bonds. The van der Waals surface area contributed by atoms with E-state index in [4.69, 9.17) is 9.47 Å². The number of hydrogen-bond donors (Lipinski definition) is 2.